The molecule has 1 aliphatic heterocycles. The van der Waals surface area contributed by atoms with E-state index in [0.29, 0.717) is 6.54 Å². The lowest BCUT2D eigenvalue weighted by Gasteiger charge is -2.13. The average Bonchev–Trinajstić information content (AvgIpc) is 2.83. The summed E-state index contributed by atoms with van der Waals surface area (Å²) in [6, 6.07) is 0. The van der Waals surface area contributed by atoms with Crippen LogP contribution in [0.3, 0.4) is 0 Å². The lowest BCUT2D eigenvalue weighted by molar-refractivity contribution is 0.174. The summed E-state index contributed by atoms with van der Waals surface area (Å²) in [6.45, 7) is 3.89. The summed E-state index contributed by atoms with van der Waals surface area (Å²) in [5, 5.41) is 17.2. The molecular formula is C9H17N5O. The van der Waals surface area contributed by atoms with E-state index in [2.05, 4.69) is 15.2 Å². The zero-order chi connectivity index (χ0) is 10.7. The number of nitrogens with two attached hydrogens (primary N) is 1. The topological polar surface area (TPSA) is 80.2 Å². The van der Waals surface area contributed by atoms with E-state index in [-0.39, 0.29) is 6.10 Å². The van der Waals surface area contributed by atoms with Crippen molar-refractivity contribution in [2.24, 2.45) is 5.73 Å². The van der Waals surface area contributed by atoms with Gasteiger partial charge in [0, 0.05) is 32.4 Å². The summed E-state index contributed by atoms with van der Waals surface area (Å²) in [5.74, 6) is 0. The van der Waals surface area contributed by atoms with Gasteiger partial charge in [-0.1, -0.05) is 5.21 Å². The molecule has 2 heterocycles. The predicted molar refractivity (Wildman–Crippen MR) is 55.0 cm³/mol. The Morgan fingerprint density at radius 3 is 3.00 bits per heavy atom. The van der Waals surface area contributed by atoms with Crippen LogP contribution in [0.5, 0.6) is 0 Å². The van der Waals surface area contributed by atoms with Crippen molar-refractivity contribution in [1.82, 2.24) is 19.9 Å². The highest BCUT2D eigenvalue weighted by Gasteiger charge is 2.19. The molecule has 1 saturated heterocycles. The minimum absolute atomic E-state index is 0.152. The summed E-state index contributed by atoms with van der Waals surface area (Å²) in [7, 11) is 0. The molecule has 0 aliphatic carbocycles. The van der Waals surface area contributed by atoms with Gasteiger partial charge in [0.15, 0.2) is 0 Å². The van der Waals surface area contributed by atoms with Crippen LogP contribution < -0.4 is 5.73 Å². The second-order valence-electron chi connectivity index (χ2n) is 3.92. The quantitative estimate of drug-likeness (QED) is 0.654. The number of β-amino-alcohol motifs (C(OH)–C–C–N with tert-alkyl or cyclic N) is 1. The maximum atomic E-state index is 9.35. The third-order valence-corrected chi connectivity index (χ3v) is 2.69. The fourth-order valence-corrected chi connectivity index (χ4v) is 1.80. The molecule has 0 spiro atoms. The lowest BCUT2D eigenvalue weighted by atomic mass is 10.3. The molecule has 1 aliphatic rings. The molecular weight excluding hydrogens is 194 g/mol. The molecule has 6 heteroatoms. The molecule has 0 aromatic carbocycles. The summed E-state index contributed by atoms with van der Waals surface area (Å²) in [4.78, 5) is 2.23. The normalized spacial score (nSPS) is 22.4. The number of aliphatic hydroxyl groups is 1. The SMILES string of the molecule is NCc1cn(CCN2CCC(O)C2)nn1. The highest BCUT2D eigenvalue weighted by atomic mass is 16.3. The number of hydrogen-bond acceptors (Lipinski definition) is 5. The second kappa shape index (κ2) is 4.69. The summed E-state index contributed by atoms with van der Waals surface area (Å²) in [5.41, 5.74) is 6.26. The first-order valence-electron chi connectivity index (χ1n) is 5.27. The Balaban J connectivity index is 1.77. The molecule has 1 aromatic heterocycles. The van der Waals surface area contributed by atoms with Gasteiger partial charge in [0.2, 0.25) is 0 Å². The van der Waals surface area contributed by atoms with Gasteiger partial charge >= 0.3 is 0 Å². The molecule has 1 atom stereocenters. The molecule has 0 radical (unpaired) electrons. The fraction of sp³-hybridized carbons (Fsp3) is 0.778. The van der Waals surface area contributed by atoms with Gasteiger partial charge in [-0.2, -0.15) is 0 Å². The van der Waals surface area contributed by atoms with Gasteiger partial charge in [-0.15, -0.1) is 5.10 Å². The largest absolute Gasteiger partial charge is 0.392 e. The highest BCUT2D eigenvalue weighted by Crippen LogP contribution is 2.08. The first-order chi connectivity index (χ1) is 7.28. The van der Waals surface area contributed by atoms with Crippen LogP contribution >= 0.6 is 0 Å². The van der Waals surface area contributed by atoms with E-state index in [1.54, 1.807) is 4.68 Å². The Morgan fingerprint density at radius 2 is 2.40 bits per heavy atom. The molecule has 1 unspecified atom stereocenters. The van der Waals surface area contributed by atoms with E-state index in [9.17, 15) is 5.11 Å². The standard InChI is InChI=1S/C9H17N5O/c10-5-8-6-14(12-11-8)4-3-13-2-1-9(15)7-13/h6,9,15H,1-5,7,10H2. The second-order valence-corrected chi connectivity index (χ2v) is 3.92. The van der Waals surface area contributed by atoms with Crippen molar-refractivity contribution in [2.45, 2.75) is 25.6 Å². The average molecular weight is 211 g/mol. The molecule has 1 aromatic rings. The van der Waals surface area contributed by atoms with Crippen LogP contribution in [-0.4, -0.2) is 50.7 Å². The van der Waals surface area contributed by atoms with E-state index in [4.69, 9.17) is 5.73 Å². The third kappa shape index (κ3) is 2.74. The van der Waals surface area contributed by atoms with Crippen LogP contribution in [0.2, 0.25) is 0 Å². The Morgan fingerprint density at radius 1 is 1.53 bits per heavy atom. The third-order valence-electron chi connectivity index (χ3n) is 2.69. The fourth-order valence-electron chi connectivity index (χ4n) is 1.80. The Hall–Kier alpha value is -0.980. The highest BCUT2D eigenvalue weighted by molar-refractivity contribution is 4.90. The Bertz CT molecular complexity index is 313. The minimum Gasteiger partial charge on any atom is -0.392 e. The van der Waals surface area contributed by atoms with Gasteiger partial charge in [-0.25, -0.2) is 0 Å². The molecule has 84 valence electrons. The van der Waals surface area contributed by atoms with Crippen LogP contribution in [0.15, 0.2) is 6.20 Å². The molecule has 6 nitrogen and oxygen atoms in total. The molecule has 0 amide bonds. The summed E-state index contributed by atoms with van der Waals surface area (Å²) >= 11 is 0. The van der Waals surface area contributed by atoms with E-state index >= 15 is 0 Å². The first-order valence-corrected chi connectivity index (χ1v) is 5.27. The van der Waals surface area contributed by atoms with Crippen molar-refractivity contribution >= 4 is 0 Å². The maximum Gasteiger partial charge on any atom is 0.0962 e. The molecule has 2 rings (SSSR count). The zero-order valence-corrected chi connectivity index (χ0v) is 8.71. The predicted octanol–water partition coefficient (Wildman–Crippen LogP) is -1.20. The molecule has 3 N–H and O–H groups in total. The zero-order valence-electron chi connectivity index (χ0n) is 8.71. The van der Waals surface area contributed by atoms with E-state index < -0.39 is 0 Å². The van der Waals surface area contributed by atoms with Crippen molar-refractivity contribution < 1.29 is 5.11 Å². The van der Waals surface area contributed by atoms with Gasteiger partial charge in [-0.3, -0.25) is 9.58 Å². The number of hydrogen-bond donors (Lipinski definition) is 2. The minimum atomic E-state index is -0.152. The number of aromatic nitrogens is 3. The van der Waals surface area contributed by atoms with Crippen molar-refractivity contribution in [3.8, 4) is 0 Å². The summed E-state index contributed by atoms with van der Waals surface area (Å²) < 4.78 is 1.80. The summed E-state index contributed by atoms with van der Waals surface area (Å²) in [6.07, 6.45) is 2.60. The van der Waals surface area contributed by atoms with Crippen molar-refractivity contribution in [3.05, 3.63) is 11.9 Å². The van der Waals surface area contributed by atoms with Gasteiger partial charge in [0.1, 0.15) is 0 Å². The van der Waals surface area contributed by atoms with Gasteiger partial charge in [0.25, 0.3) is 0 Å². The number of likely N-dealkylation sites (tertiary alicyclic amines) is 1. The van der Waals surface area contributed by atoms with Gasteiger partial charge in [0.05, 0.1) is 18.3 Å². The van der Waals surface area contributed by atoms with Gasteiger partial charge in [-0.05, 0) is 6.42 Å². The first kappa shape index (κ1) is 10.5. The molecule has 0 bridgehead atoms. The van der Waals surface area contributed by atoms with E-state index in [1.807, 2.05) is 6.20 Å². The van der Waals surface area contributed by atoms with Crippen molar-refractivity contribution in [2.75, 3.05) is 19.6 Å². The number of aliphatic hydroxyl groups excluding tert-OH is 1. The van der Waals surface area contributed by atoms with Gasteiger partial charge < -0.3 is 10.8 Å². The van der Waals surface area contributed by atoms with Crippen LogP contribution in [0, 0.1) is 0 Å². The Labute approximate surface area is 88.7 Å². The molecule has 15 heavy (non-hydrogen) atoms. The van der Waals surface area contributed by atoms with E-state index in [0.717, 1.165) is 38.3 Å². The smallest absolute Gasteiger partial charge is 0.0962 e. The van der Waals surface area contributed by atoms with Crippen LogP contribution in [0.4, 0.5) is 0 Å². The van der Waals surface area contributed by atoms with Crippen LogP contribution in [0.1, 0.15) is 12.1 Å². The maximum absolute atomic E-state index is 9.35. The van der Waals surface area contributed by atoms with Crippen molar-refractivity contribution in [1.29, 1.82) is 0 Å². The lowest BCUT2D eigenvalue weighted by Crippen LogP contribution is -2.26. The molecule has 0 saturated carbocycles. The molecule has 1 fully saturated rings. The van der Waals surface area contributed by atoms with Crippen LogP contribution in [-0.2, 0) is 13.1 Å². The van der Waals surface area contributed by atoms with E-state index in [1.165, 1.54) is 0 Å². The monoisotopic (exact) mass is 211 g/mol. The van der Waals surface area contributed by atoms with Crippen LogP contribution in [0.25, 0.3) is 0 Å². The Kier molecular flexibility index (Phi) is 3.30. The number of nitrogens with zero attached hydrogens (tertiary/aromatic N) is 4. The van der Waals surface area contributed by atoms with Crippen molar-refractivity contribution in [3.63, 3.8) is 0 Å². The number of rotatable bonds is 4.